The summed E-state index contributed by atoms with van der Waals surface area (Å²) in [5.41, 5.74) is 1.32. The highest BCUT2D eigenvalue weighted by atomic mass is 35.5. The van der Waals surface area contributed by atoms with Crippen LogP contribution in [0.25, 0.3) is 10.8 Å². The Labute approximate surface area is 213 Å². The van der Waals surface area contributed by atoms with Crippen LogP contribution in [0, 0.1) is 0 Å². The molecule has 0 heterocycles. The van der Waals surface area contributed by atoms with E-state index in [-0.39, 0.29) is 22.1 Å². The van der Waals surface area contributed by atoms with Crippen LogP contribution in [0.1, 0.15) is 26.3 Å². The quantitative estimate of drug-likeness (QED) is 0.297. The van der Waals surface area contributed by atoms with Crippen molar-refractivity contribution in [2.45, 2.75) is 12.2 Å². The number of amides is 2. The highest BCUT2D eigenvalue weighted by Gasteiger charge is 2.42. The molecule has 3 aromatic rings. The Morgan fingerprint density at radius 1 is 0.944 bits per heavy atom. The first-order chi connectivity index (χ1) is 17.2. The number of nitrogens with one attached hydrogen (secondary N) is 2. The first-order valence-corrected chi connectivity index (χ1v) is 12.9. The smallest absolute Gasteiger partial charge is 0.363 e. The fraction of sp³-hybridized carbons (Fsp3) is 0.240. The molecule has 0 aliphatic rings. The summed E-state index contributed by atoms with van der Waals surface area (Å²) in [5, 5.41) is 7.34. The zero-order valence-corrected chi connectivity index (χ0v) is 21.6. The molecule has 0 aromatic heterocycles. The van der Waals surface area contributed by atoms with E-state index in [0.717, 1.165) is 37.7 Å². The lowest BCUT2D eigenvalue weighted by atomic mass is 10.0. The zero-order valence-electron chi connectivity index (χ0n) is 19.9. The number of ether oxygens (including phenoxy) is 1. The van der Waals surface area contributed by atoms with E-state index in [9.17, 15) is 18.9 Å². The van der Waals surface area contributed by atoms with Gasteiger partial charge in [-0.1, -0.05) is 54.1 Å². The first kappa shape index (κ1) is 27.4. The van der Waals surface area contributed by atoms with E-state index in [0.29, 0.717) is 13.0 Å². The second kappa shape index (κ2) is 12.1. The van der Waals surface area contributed by atoms with Crippen LogP contribution in [-0.2, 0) is 29.6 Å². The van der Waals surface area contributed by atoms with Gasteiger partial charge in [-0.15, -0.1) is 0 Å². The average Bonchev–Trinajstić information content (AvgIpc) is 2.90. The van der Waals surface area contributed by atoms with E-state index in [4.69, 9.17) is 20.6 Å². The molecule has 0 saturated heterocycles. The van der Waals surface area contributed by atoms with Crippen LogP contribution in [-0.4, -0.2) is 51.4 Å². The van der Waals surface area contributed by atoms with Gasteiger partial charge in [0.05, 0.1) is 17.7 Å². The van der Waals surface area contributed by atoms with Crippen LogP contribution in [0.15, 0.2) is 60.7 Å². The molecule has 9 nitrogen and oxygen atoms in total. The lowest BCUT2D eigenvalue weighted by molar-refractivity contribution is -0.141. The van der Waals surface area contributed by atoms with Crippen molar-refractivity contribution >= 4 is 47.8 Å². The van der Waals surface area contributed by atoms with Gasteiger partial charge in [0.25, 0.3) is 11.8 Å². The molecule has 190 valence electrons. The molecule has 1 atom stereocenters. The fourth-order valence-electron chi connectivity index (χ4n) is 3.63. The molecule has 0 fully saturated rings. The van der Waals surface area contributed by atoms with Crippen LogP contribution in [0.5, 0.6) is 0 Å². The molecule has 0 aliphatic carbocycles. The highest BCUT2D eigenvalue weighted by Crippen LogP contribution is 2.50. The molecule has 36 heavy (non-hydrogen) atoms. The minimum Gasteiger partial charge on any atom is -0.467 e. The van der Waals surface area contributed by atoms with Gasteiger partial charge in [-0.25, -0.2) is 4.79 Å². The molecular formula is C25H26ClN2O7P. The molecule has 0 spiro atoms. The number of hydrogen-bond donors (Lipinski definition) is 2. The fourth-order valence-corrected chi connectivity index (χ4v) is 5.11. The van der Waals surface area contributed by atoms with Gasteiger partial charge in [-0.2, -0.15) is 0 Å². The van der Waals surface area contributed by atoms with Gasteiger partial charge in [0, 0.05) is 26.3 Å². The Morgan fingerprint density at radius 3 is 2.31 bits per heavy atom. The highest BCUT2D eigenvalue weighted by molar-refractivity contribution is 7.55. The number of methoxy groups -OCH3 is 1. The van der Waals surface area contributed by atoms with Crippen LogP contribution in [0.3, 0.4) is 0 Å². The number of esters is 1. The standard InChI is InChI=1S/C25H26ClN2O7P/c1-33-25(31)24(36(32,34-2)35-3)28-23(30)20-12-11-18(15-21(20)26)22(29)27-14-13-17-9-6-8-16-7-4-5-10-19(16)17/h4-12,15,24H,13-14H2,1-3H3,(H,27,29)(H,28,30)/t24-/m0/s1. The minimum atomic E-state index is -4.05. The Hall–Kier alpha value is -3.23. The van der Waals surface area contributed by atoms with Gasteiger partial charge in [-0.05, 0) is 41.0 Å². The molecule has 0 aliphatic heterocycles. The number of carbonyl (C=O) groups excluding carboxylic acids is 3. The van der Waals surface area contributed by atoms with Crippen molar-refractivity contribution in [1.82, 2.24) is 10.6 Å². The number of hydrogen-bond acceptors (Lipinski definition) is 7. The summed E-state index contributed by atoms with van der Waals surface area (Å²) in [7, 11) is -0.826. The van der Waals surface area contributed by atoms with Gasteiger partial charge in [0.1, 0.15) is 0 Å². The lowest BCUT2D eigenvalue weighted by Gasteiger charge is -2.23. The van der Waals surface area contributed by atoms with E-state index in [1.165, 1.54) is 18.2 Å². The van der Waals surface area contributed by atoms with Gasteiger partial charge in [0.15, 0.2) is 0 Å². The number of halogens is 1. The summed E-state index contributed by atoms with van der Waals surface area (Å²) < 4.78 is 26.9. The van der Waals surface area contributed by atoms with Gasteiger partial charge >= 0.3 is 13.6 Å². The van der Waals surface area contributed by atoms with Crippen molar-refractivity contribution in [3.05, 3.63) is 82.4 Å². The number of benzene rings is 3. The SMILES string of the molecule is COC(=O)[C@@H](NC(=O)c1ccc(C(=O)NCCc2cccc3ccccc23)cc1Cl)P(=O)(OC)OC. The third-order valence-corrected chi connectivity index (χ3v) is 7.86. The van der Waals surface area contributed by atoms with Crippen molar-refractivity contribution in [1.29, 1.82) is 0 Å². The monoisotopic (exact) mass is 532 g/mol. The number of carbonyl (C=O) groups is 3. The molecule has 11 heteroatoms. The summed E-state index contributed by atoms with van der Waals surface area (Å²) in [6.45, 7) is 0.400. The van der Waals surface area contributed by atoms with E-state index >= 15 is 0 Å². The molecule has 0 saturated carbocycles. The van der Waals surface area contributed by atoms with Gasteiger partial charge in [-0.3, -0.25) is 14.2 Å². The topological polar surface area (TPSA) is 120 Å². The van der Waals surface area contributed by atoms with Gasteiger partial charge < -0.3 is 24.4 Å². The molecule has 3 aromatic carbocycles. The van der Waals surface area contributed by atoms with Crippen LogP contribution in [0.2, 0.25) is 5.02 Å². The third kappa shape index (κ3) is 6.12. The van der Waals surface area contributed by atoms with E-state index < -0.39 is 25.3 Å². The minimum absolute atomic E-state index is 0.0394. The summed E-state index contributed by atoms with van der Waals surface area (Å²) in [4.78, 5) is 37.5. The summed E-state index contributed by atoms with van der Waals surface area (Å²) in [5.74, 6) is -3.92. The number of rotatable bonds is 10. The molecule has 3 rings (SSSR count). The predicted octanol–water partition coefficient (Wildman–Crippen LogP) is 4.18. The summed E-state index contributed by atoms with van der Waals surface area (Å²) in [6, 6.07) is 18.2. The zero-order chi connectivity index (χ0) is 26.3. The molecule has 0 bridgehead atoms. The largest absolute Gasteiger partial charge is 0.467 e. The Balaban J connectivity index is 1.68. The summed E-state index contributed by atoms with van der Waals surface area (Å²) >= 11 is 6.25. The van der Waals surface area contributed by atoms with Crippen molar-refractivity contribution in [2.24, 2.45) is 0 Å². The van der Waals surface area contributed by atoms with Crippen molar-refractivity contribution in [3.8, 4) is 0 Å². The molecule has 2 amide bonds. The Bertz CT molecular complexity index is 1320. The van der Waals surface area contributed by atoms with E-state index in [1.807, 2.05) is 42.5 Å². The summed E-state index contributed by atoms with van der Waals surface area (Å²) in [6.07, 6.45) is 0.634. The maximum absolute atomic E-state index is 12.8. The molecular weight excluding hydrogens is 507 g/mol. The second-order valence-corrected chi connectivity index (χ2v) is 10.4. The van der Waals surface area contributed by atoms with E-state index in [2.05, 4.69) is 15.4 Å². The third-order valence-electron chi connectivity index (χ3n) is 5.55. The van der Waals surface area contributed by atoms with E-state index in [1.54, 1.807) is 0 Å². The van der Waals surface area contributed by atoms with Crippen LogP contribution in [0.4, 0.5) is 0 Å². The molecule has 0 unspecified atom stereocenters. The average molecular weight is 533 g/mol. The van der Waals surface area contributed by atoms with Crippen molar-refractivity contribution in [3.63, 3.8) is 0 Å². The van der Waals surface area contributed by atoms with Gasteiger partial charge in [0.2, 0.25) is 5.78 Å². The Morgan fingerprint density at radius 2 is 1.64 bits per heavy atom. The molecule has 0 radical (unpaired) electrons. The Kier molecular flexibility index (Phi) is 9.23. The van der Waals surface area contributed by atoms with Crippen molar-refractivity contribution in [2.75, 3.05) is 27.9 Å². The van der Waals surface area contributed by atoms with Crippen LogP contribution < -0.4 is 10.6 Å². The maximum Gasteiger partial charge on any atom is 0.363 e. The molecule has 2 N–H and O–H groups in total. The van der Waals surface area contributed by atoms with Crippen molar-refractivity contribution < 1.29 is 32.7 Å². The first-order valence-electron chi connectivity index (χ1n) is 10.9. The van der Waals surface area contributed by atoms with Crippen LogP contribution >= 0.6 is 19.2 Å². The second-order valence-electron chi connectivity index (χ2n) is 7.64. The maximum atomic E-state index is 12.8. The predicted molar refractivity (Wildman–Crippen MR) is 136 cm³/mol. The number of fused-ring (bicyclic) bond motifs is 1. The lowest BCUT2D eigenvalue weighted by Crippen LogP contribution is -2.42. The normalized spacial score (nSPS) is 12.1.